The van der Waals surface area contributed by atoms with Crippen molar-refractivity contribution in [2.45, 2.75) is 11.2 Å². The molecule has 0 amide bonds. The largest absolute Gasteiger partial charge is 0.207 e. The number of rotatable bonds is 3. The van der Waals surface area contributed by atoms with Gasteiger partial charge < -0.3 is 0 Å². The van der Waals surface area contributed by atoms with E-state index in [0.717, 1.165) is 9.35 Å². The van der Waals surface area contributed by atoms with Gasteiger partial charge in [0, 0.05) is 4.83 Å². The fraction of sp³-hybridized carbons (Fsp3) is 0.167. The van der Waals surface area contributed by atoms with E-state index in [1.54, 1.807) is 17.4 Å². The monoisotopic (exact) mass is 362 g/mol. The van der Waals surface area contributed by atoms with Gasteiger partial charge in [0.15, 0.2) is 0 Å². The van der Waals surface area contributed by atoms with Crippen molar-refractivity contribution >= 4 is 43.2 Å². The summed E-state index contributed by atoms with van der Waals surface area (Å²) in [5.74, 6) is -0.138. The number of hydrogen-bond acceptors (Lipinski definition) is 1. The Morgan fingerprint density at radius 1 is 1.31 bits per heavy atom. The first-order valence-electron chi connectivity index (χ1n) is 4.78. The average Bonchev–Trinajstić information content (AvgIpc) is 2.68. The van der Waals surface area contributed by atoms with Gasteiger partial charge in [0.1, 0.15) is 5.82 Å². The summed E-state index contributed by atoms with van der Waals surface area (Å²) >= 11 is 8.65. The molecule has 0 N–H and O–H groups in total. The minimum Gasteiger partial charge on any atom is -0.207 e. The normalized spacial score (nSPS) is 12.7. The lowest BCUT2D eigenvalue weighted by molar-refractivity contribution is 0.608. The summed E-state index contributed by atoms with van der Waals surface area (Å²) in [6.07, 6.45) is 0.663. The first-order valence-corrected chi connectivity index (χ1v) is 7.37. The van der Waals surface area contributed by atoms with Crippen LogP contribution in [-0.4, -0.2) is 0 Å². The topological polar surface area (TPSA) is 0 Å². The van der Waals surface area contributed by atoms with E-state index < -0.39 is 0 Å². The maximum Gasteiger partial charge on any atom is 0.126 e. The molecule has 2 aromatic rings. The number of alkyl halides is 1. The summed E-state index contributed by atoms with van der Waals surface area (Å²) in [6, 6.07) is 8.96. The average molecular weight is 364 g/mol. The van der Waals surface area contributed by atoms with Crippen LogP contribution in [0.3, 0.4) is 0 Å². The van der Waals surface area contributed by atoms with Crippen LogP contribution in [0.15, 0.2) is 39.5 Å². The standard InChI is InChI=1S/C12H9Br2FS/c13-10(9-6-12(14)16-7-9)5-8-3-1-2-4-11(8)15/h1-4,6-7,10H,5H2. The van der Waals surface area contributed by atoms with Gasteiger partial charge in [-0.05, 0) is 51.0 Å². The van der Waals surface area contributed by atoms with Gasteiger partial charge >= 0.3 is 0 Å². The highest BCUT2D eigenvalue weighted by atomic mass is 79.9. The lowest BCUT2D eigenvalue weighted by atomic mass is 10.1. The van der Waals surface area contributed by atoms with E-state index in [1.807, 2.05) is 12.1 Å². The quantitative estimate of drug-likeness (QED) is 0.646. The van der Waals surface area contributed by atoms with Crippen LogP contribution in [-0.2, 0) is 6.42 Å². The first kappa shape index (κ1) is 12.3. The van der Waals surface area contributed by atoms with Crippen molar-refractivity contribution in [3.63, 3.8) is 0 Å². The molecule has 0 aliphatic carbocycles. The molecule has 0 fully saturated rings. The summed E-state index contributed by atoms with van der Waals surface area (Å²) in [6.45, 7) is 0. The van der Waals surface area contributed by atoms with E-state index in [0.29, 0.717) is 6.42 Å². The van der Waals surface area contributed by atoms with Crippen molar-refractivity contribution in [1.82, 2.24) is 0 Å². The second-order valence-electron chi connectivity index (χ2n) is 3.45. The highest BCUT2D eigenvalue weighted by Gasteiger charge is 2.12. The lowest BCUT2D eigenvalue weighted by Crippen LogP contribution is -1.96. The summed E-state index contributed by atoms with van der Waals surface area (Å²) in [5.41, 5.74) is 1.92. The fourth-order valence-corrected chi connectivity index (χ4v) is 3.48. The molecule has 0 bridgehead atoms. The SMILES string of the molecule is Fc1ccccc1CC(Br)c1csc(Br)c1. The van der Waals surface area contributed by atoms with E-state index in [1.165, 1.54) is 11.6 Å². The molecule has 16 heavy (non-hydrogen) atoms. The molecule has 0 saturated carbocycles. The molecule has 1 aromatic heterocycles. The molecule has 1 aromatic carbocycles. The molecule has 0 radical (unpaired) electrons. The van der Waals surface area contributed by atoms with Crippen LogP contribution in [0.1, 0.15) is 16.0 Å². The van der Waals surface area contributed by atoms with E-state index in [-0.39, 0.29) is 10.6 Å². The zero-order valence-electron chi connectivity index (χ0n) is 8.29. The zero-order chi connectivity index (χ0) is 11.5. The predicted octanol–water partition coefficient (Wildman–Crippen LogP) is 5.33. The highest BCUT2D eigenvalue weighted by Crippen LogP contribution is 2.33. The third kappa shape index (κ3) is 2.93. The van der Waals surface area contributed by atoms with Gasteiger partial charge in [-0.2, -0.15) is 0 Å². The molecule has 0 saturated heterocycles. The maximum atomic E-state index is 13.4. The van der Waals surface area contributed by atoms with Crippen LogP contribution in [0.25, 0.3) is 0 Å². The van der Waals surface area contributed by atoms with Crippen LogP contribution >= 0.6 is 43.2 Å². The molecule has 1 heterocycles. The Labute approximate surface area is 115 Å². The molecule has 4 heteroatoms. The molecule has 1 atom stereocenters. The predicted molar refractivity (Wildman–Crippen MR) is 73.8 cm³/mol. The van der Waals surface area contributed by atoms with Gasteiger partial charge in [-0.3, -0.25) is 0 Å². The van der Waals surface area contributed by atoms with Gasteiger partial charge in [-0.25, -0.2) is 4.39 Å². The van der Waals surface area contributed by atoms with Crippen molar-refractivity contribution in [3.05, 3.63) is 56.4 Å². The second-order valence-corrected chi connectivity index (χ2v) is 6.84. The molecular weight excluding hydrogens is 355 g/mol. The van der Waals surface area contributed by atoms with E-state index >= 15 is 0 Å². The highest BCUT2D eigenvalue weighted by molar-refractivity contribution is 9.11. The Bertz CT molecular complexity index is 481. The Morgan fingerprint density at radius 3 is 2.69 bits per heavy atom. The Balaban J connectivity index is 2.13. The van der Waals surface area contributed by atoms with E-state index in [9.17, 15) is 4.39 Å². The molecule has 1 unspecified atom stereocenters. The third-order valence-electron chi connectivity index (χ3n) is 2.31. The van der Waals surface area contributed by atoms with E-state index in [4.69, 9.17) is 0 Å². The Hall–Kier alpha value is -0.190. The Morgan fingerprint density at radius 2 is 2.06 bits per heavy atom. The van der Waals surface area contributed by atoms with Gasteiger partial charge in [-0.15, -0.1) is 11.3 Å². The second kappa shape index (κ2) is 5.43. The van der Waals surface area contributed by atoms with Crippen LogP contribution in [0, 0.1) is 5.82 Å². The number of benzene rings is 1. The first-order chi connectivity index (χ1) is 7.66. The summed E-state index contributed by atoms with van der Waals surface area (Å²) in [4.78, 5) is 0.159. The number of halogens is 3. The van der Waals surface area contributed by atoms with Gasteiger partial charge in [0.2, 0.25) is 0 Å². The molecule has 0 aliphatic rings. The Kier molecular flexibility index (Phi) is 4.16. The zero-order valence-corrected chi connectivity index (χ0v) is 12.3. The molecule has 0 nitrogen and oxygen atoms in total. The van der Waals surface area contributed by atoms with Crippen LogP contribution < -0.4 is 0 Å². The number of hydrogen-bond donors (Lipinski definition) is 0. The lowest BCUT2D eigenvalue weighted by Gasteiger charge is -2.08. The van der Waals surface area contributed by atoms with Crippen LogP contribution in [0.5, 0.6) is 0 Å². The summed E-state index contributed by atoms with van der Waals surface area (Å²) in [5, 5.41) is 2.07. The summed E-state index contributed by atoms with van der Waals surface area (Å²) < 4.78 is 14.5. The van der Waals surface area contributed by atoms with Crippen molar-refractivity contribution in [2.24, 2.45) is 0 Å². The molecular formula is C12H9Br2FS. The van der Waals surface area contributed by atoms with Crippen molar-refractivity contribution in [1.29, 1.82) is 0 Å². The fourth-order valence-electron chi connectivity index (χ4n) is 1.46. The smallest absolute Gasteiger partial charge is 0.126 e. The van der Waals surface area contributed by atoms with Crippen molar-refractivity contribution in [3.8, 4) is 0 Å². The third-order valence-corrected chi connectivity index (χ3v) is 4.68. The molecule has 84 valence electrons. The minimum atomic E-state index is -0.138. The number of thiophene rings is 1. The molecule has 0 aliphatic heterocycles. The molecule has 0 spiro atoms. The van der Waals surface area contributed by atoms with Crippen molar-refractivity contribution in [2.75, 3.05) is 0 Å². The maximum absolute atomic E-state index is 13.4. The van der Waals surface area contributed by atoms with Gasteiger partial charge in [-0.1, -0.05) is 34.1 Å². The summed E-state index contributed by atoms with van der Waals surface area (Å²) in [7, 11) is 0. The van der Waals surface area contributed by atoms with E-state index in [2.05, 4.69) is 43.3 Å². The minimum absolute atomic E-state index is 0.138. The van der Waals surface area contributed by atoms with Crippen LogP contribution in [0.2, 0.25) is 0 Å². The molecule has 2 rings (SSSR count). The van der Waals surface area contributed by atoms with Crippen molar-refractivity contribution < 1.29 is 4.39 Å². The van der Waals surface area contributed by atoms with Crippen LogP contribution in [0.4, 0.5) is 4.39 Å². The van der Waals surface area contributed by atoms with Gasteiger partial charge in [0.25, 0.3) is 0 Å². The van der Waals surface area contributed by atoms with Gasteiger partial charge in [0.05, 0.1) is 3.79 Å².